The van der Waals surface area contributed by atoms with Gasteiger partial charge in [-0.15, -0.1) is 11.3 Å². The first-order valence-electron chi connectivity index (χ1n) is 5.19. The molecule has 0 aliphatic rings. The van der Waals surface area contributed by atoms with Crippen LogP contribution in [-0.4, -0.2) is 19.2 Å². The molecule has 98 valence electrons. The van der Waals surface area contributed by atoms with Crippen molar-refractivity contribution in [3.63, 3.8) is 0 Å². The summed E-state index contributed by atoms with van der Waals surface area (Å²) in [6, 6.07) is 8.68. The van der Waals surface area contributed by atoms with Crippen LogP contribution in [-0.2, 0) is 10.0 Å². The van der Waals surface area contributed by atoms with Crippen LogP contribution < -0.4 is 10.5 Å². The van der Waals surface area contributed by atoms with E-state index in [1.165, 1.54) is 0 Å². The fourth-order valence-electron chi connectivity index (χ4n) is 1.36. The van der Waals surface area contributed by atoms with Crippen LogP contribution in [0.1, 0.15) is 0 Å². The Labute approximate surface area is 114 Å². The number of hydrogen-bond donors (Lipinski definition) is 2. The lowest BCUT2D eigenvalue weighted by molar-refractivity contribution is 0.604. The number of hydrogen-bond acceptors (Lipinski definition) is 6. The van der Waals surface area contributed by atoms with Crippen molar-refractivity contribution in [3.8, 4) is 17.3 Å². The molecule has 0 bridgehead atoms. The maximum atomic E-state index is 11.4. The molecule has 19 heavy (non-hydrogen) atoms. The number of nitrogens with two attached hydrogens (primary N) is 1. The van der Waals surface area contributed by atoms with Gasteiger partial charge in [0.2, 0.25) is 10.0 Å². The molecule has 1 heterocycles. The van der Waals surface area contributed by atoms with E-state index in [0.717, 1.165) is 16.9 Å². The fraction of sp³-hybridized carbons (Fsp3) is 0.0909. The first kappa shape index (κ1) is 13.3. The summed E-state index contributed by atoms with van der Waals surface area (Å²) < 4.78 is 25.1. The molecule has 0 fully saturated rings. The van der Waals surface area contributed by atoms with Crippen molar-refractivity contribution in [2.45, 2.75) is 0 Å². The monoisotopic (exact) mass is 294 g/mol. The largest absolute Gasteiger partial charge is 0.399 e. The van der Waals surface area contributed by atoms with Gasteiger partial charge >= 0.3 is 0 Å². The van der Waals surface area contributed by atoms with Gasteiger partial charge in [0.1, 0.15) is 0 Å². The van der Waals surface area contributed by atoms with Gasteiger partial charge in [0.05, 0.1) is 11.8 Å². The van der Waals surface area contributed by atoms with Gasteiger partial charge in [-0.1, -0.05) is 12.1 Å². The van der Waals surface area contributed by atoms with Crippen molar-refractivity contribution in [3.05, 3.63) is 29.6 Å². The minimum absolute atomic E-state index is 0.238. The molecule has 0 radical (unpaired) electrons. The summed E-state index contributed by atoms with van der Waals surface area (Å²) in [6.45, 7) is 0. The summed E-state index contributed by atoms with van der Waals surface area (Å²) in [6.07, 6.45) is 0. The van der Waals surface area contributed by atoms with E-state index in [4.69, 9.17) is 11.0 Å². The summed E-state index contributed by atoms with van der Waals surface area (Å²) in [5.74, 6) is -0.593. The van der Waals surface area contributed by atoms with Crippen molar-refractivity contribution in [2.75, 3.05) is 16.2 Å². The van der Waals surface area contributed by atoms with E-state index < -0.39 is 15.8 Å². The van der Waals surface area contributed by atoms with Crippen LogP contribution in [0.5, 0.6) is 0 Å². The fourth-order valence-corrected chi connectivity index (χ4v) is 3.05. The van der Waals surface area contributed by atoms with Crippen molar-refractivity contribution >= 4 is 32.2 Å². The SMILES string of the molecule is N#CCS(=O)(=O)Nc1nc(-c2ccc(N)cc2)cs1. The van der Waals surface area contributed by atoms with Gasteiger partial charge in [-0.2, -0.15) is 5.26 Å². The van der Waals surface area contributed by atoms with E-state index in [1.54, 1.807) is 35.7 Å². The lowest BCUT2D eigenvalue weighted by Crippen LogP contribution is -2.15. The molecule has 2 rings (SSSR count). The Hall–Kier alpha value is -2.11. The highest BCUT2D eigenvalue weighted by Gasteiger charge is 2.12. The van der Waals surface area contributed by atoms with E-state index in [9.17, 15) is 8.42 Å². The molecule has 0 amide bonds. The van der Waals surface area contributed by atoms with E-state index in [1.807, 2.05) is 0 Å². The van der Waals surface area contributed by atoms with Gasteiger partial charge in [-0.05, 0) is 12.1 Å². The number of benzene rings is 1. The highest BCUT2D eigenvalue weighted by Crippen LogP contribution is 2.25. The van der Waals surface area contributed by atoms with Gasteiger partial charge < -0.3 is 5.73 Å². The number of nitrogens with zero attached hydrogens (tertiary/aromatic N) is 2. The Morgan fingerprint density at radius 2 is 2.05 bits per heavy atom. The lowest BCUT2D eigenvalue weighted by Gasteiger charge is -2.00. The van der Waals surface area contributed by atoms with Gasteiger partial charge in [0.15, 0.2) is 10.9 Å². The van der Waals surface area contributed by atoms with Crippen molar-refractivity contribution in [1.29, 1.82) is 5.26 Å². The van der Waals surface area contributed by atoms with E-state index in [2.05, 4.69) is 9.71 Å². The van der Waals surface area contributed by atoms with Gasteiger partial charge in [0, 0.05) is 16.6 Å². The number of nitrogens with one attached hydrogen (secondary N) is 1. The second-order valence-corrected chi connectivity index (χ2v) is 6.26. The Morgan fingerprint density at radius 1 is 1.37 bits per heavy atom. The number of sulfonamides is 1. The molecule has 2 aromatic rings. The van der Waals surface area contributed by atoms with Gasteiger partial charge in [-0.25, -0.2) is 13.4 Å². The molecule has 0 unspecified atom stereocenters. The van der Waals surface area contributed by atoms with Crippen LogP contribution in [0.25, 0.3) is 11.3 Å². The molecule has 1 aromatic carbocycles. The Bertz CT molecular complexity index is 714. The highest BCUT2D eigenvalue weighted by atomic mass is 32.2. The molecule has 0 aliphatic carbocycles. The van der Waals surface area contributed by atoms with Crippen LogP contribution in [0.2, 0.25) is 0 Å². The van der Waals surface area contributed by atoms with Crippen LogP contribution in [0.4, 0.5) is 10.8 Å². The van der Waals surface area contributed by atoms with E-state index >= 15 is 0 Å². The smallest absolute Gasteiger partial charge is 0.247 e. The molecular weight excluding hydrogens is 284 g/mol. The number of rotatable bonds is 4. The second-order valence-electron chi connectivity index (χ2n) is 3.68. The van der Waals surface area contributed by atoms with Crippen LogP contribution >= 0.6 is 11.3 Å². The van der Waals surface area contributed by atoms with Gasteiger partial charge in [0.25, 0.3) is 0 Å². The summed E-state index contributed by atoms with van der Waals surface area (Å²) >= 11 is 1.16. The zero-order valence-electron chi connectivity index (χ0n) is 9.70. The molecule has 0 saturated heterocycles. The molecular formula is C11H10N4O2S2. The molecule has 3 N–H and O–H groups in total. The highest BCUT2D eigenvalue weighted by molar-refractivity contribution is 7.93. The molecule has 0 aliphatic heterocycles. The molecule has 6 nitrogen and oxygen atoms in total. The number of aromatic nitrogens is 1. The maximum Gasteiger partial charge on any atom is 0.247 e. The molecule has 8 heteroatoms. The lowest BCUT2D eigenvalue weighted by atomic mass is 10.2. The third kappa shape index (κ3) is 3.43. The predicted molar refractivity (Wildman–Crippen MR) is 75.0 cm³/mol. The van der Waals surface area contributed by atoms with Crippen molar-refractivity contribution < 1.29 is 8.42 Å². The Balaban J connectivity index is 2.20. The zero-order valence-corrected chi connectivity index (χ0v) is 11.3. The van der Waals surface area contributed by atoms with Crippen molar-refractivity contribution in [2.24, 2.45) is 0 Å². The normalized spacial score (nSPS) is 10.9. The number of thiazole rings is 1. The average Bonchev–Trinajstić information content (AvgIpc) is 2.77. The zero-order chi connectivity index (χ0) is 13.9. The summed E-state index contributed by atoms with van der Waals surface area (Å²) in [5, 5.41) is 10.4. The van der Waals surface area contributed by atoms with Gasteiger partial charge in [-0.3, -0.25) is 4.72 Å². The summed E-state index contributed by atoms with van der Waals surface area (Å²) in [7, 11) is -3.64. The first-order valence-corrected chi connectivity index (χ1v) is 7.72. The average molecular weight is 294 g/mol. The maximum absolute atomic E-state index is 11.4. The first-order chi connectivity index (χ1) is 9.00. The number of nitrogen functional groups attached to an aromatic ring is 1. The third-order valence-electron chi connectivity index (χ3n) is 2.21. The van der Waals surface area contributed by atoms with Crippen LogP contribution in [0, 0.1) is 11.3 Å². The van der Waals surface area contributed by atoms with Crippen molar-refractivity contribution in [1.82, 2.24) is 4.98 Å². The predicted octanol–water partition coefficient (Wildman–Crippen LogP) is 1.66. The molecule has 0 spiro atoms. The standard InChI is InChI=1S/C11H10N4O2S2/c12-5-6-19(16,17)15-11-14-10(7-18-11)8-1-3-9(13)4-2-8/h1-4,7H,6,13H2,(H,14,15). The molecule has 0 saturated carbocycles. The minimum atomic E-state index is -3.64. The summed E-state index contributed by atoms with van der Waals surface area (Å²) in [5.41, 5.74) is 7.73. The molecule has 0 atom stereocenters. The Morgan fingerprint density at radius 3 is 2.68 bits per heavy atom. The quantitative estimate of drug-likeness (QED) is 0.833. The Kier molecular flexibility index (Phi) is 3.69. The second kappa shape index (κ2) is 5.26. The van der Waals surface area contributed by atoms with Crippen LogP contribution in [0.15, 0.2) is 29.6 Å². The summed E-state index contributed by atoms with van der Waals surface area (Å²) in [4.78, 5) is 4.16. The number of nitriles is 1. The van der Waals surface area contributed by atoms with E-state index in [0.29, 0.717) is 11.4 Å². The minimum Gasteiger partial charge on any atom is -0.399 e. The molecule has 1 aromatic heterocycles. The van der Waals surface area contributed by atoms with E-state index in [-0.39, 0.29) is 5.13 Å². The van der Waals surface area contributed by atoms with Crippen LogP contribution in [0.3, 0.4) is 0 Å². The number of anilines is 2. The third-order valence-corrected chi connectivity index (χ3v) is 4.11. The topological polar surface area (TPSA) is 109 Å².